The zero-order valence-corrected chi connectivity index (χ0v) is 16.1. The summed E-state index contributed by atoms with van der Waals surface area (Å²) in [5.41, 5.74) is 0.407. The van der Waals surface area contributed by atoms with Gasteiger partial charge in [-0.05, 0) is 31.7 Å². The molecule has 0 radical (unpaired) electrons. The van der Waals surface area contributed by atoms with E-state index in [0.717, 1.165) is 16.9 Å². The maximum Gasteiger partial charge on any atom is 0.325 e. The van der Waals surface area contributed by atoms with Crippen LogP contribution in [0.1, 0.15) is 38.3 Å². The van der Waals surface area contributed by atoms with Gasteiger partial charge < -0.3 is 10.6 Å². The summed E-state index contributed by atoms with van der Waals surface area (Å²) in [7, 11) is 0. The van der Waals surface area contributed by atoms with E-state index in [9.17, 15) is 19.2 Å². The highest BCUT2D eigenvalue weighted by Gasteiger charge is 2.49. The Morgan fingerprint density at radius 1 is 1.19 bits per heavy atom. The van der Waals surface area contributed by atoms with Crippen LogP contribution in [-0.4, -0.2) is 41.9 Å². The Morgan fingerprint density at radius 2 is 1.81 bits per heavy atom. The molecule has 1 atom stereocenters. The number of benzene rings is 1. The van der Waals surface area contributed by atoms with Crippen molar-refractivity contribution in [2.24, 2.45) is 5.92 Å². The summed E-state index contributed by atoms with van der Waals surface area (Å²) < 4.78 is 0. The van der Waals surface area contributed by atoms with Crippen LogP contribution in [0.2, 0.25) is 0 Å². The summed E-state index contributed by atoms with van der Waals surface area (Å²) in [4.78, 5) is 49.5. The fraction of sp³-hybridized carbons (Fsp3) is 0.474. The predicted molar refractivity (Wildman–Crippen MR) is 99.8 cm³/mol. The molecule has 6 amide bonds. The van der Waals surface area contributed by atoms with Crippen molar-refractivity contribution in [2.75, 3.05) is 13.1 Å². The molecule has 2 rings (SSSR count). The van der Waals surface area contributed by atoms with Crippen molar-refractivity contribution in [3.05, 3.63) is 35.4 Å². The van der Waals surface area contributed by atoms with Gasteiger partial charge >= 0.3 is 12.1 Å². The van der Waals surface area contributed by atoms with Crippen molar-refractivity contribution < 1.29 is 19.2 Å². The first-order chi connectivity index (χ1) is 12.6. The molecule has 0 aliphatic carbocycles. The molecule has 1 fully saturated rings. The van der Waals surface area contributed by atoms with E-state index >= 15 is 0 Å². The number of hydrogen-bond donors (Lipinski definition) is 3. The van der Waals surface area contributed by atoms with Gasteiger partial charge in [0.15, 0.2) is 0 Å². The Bertz CT molecular complexity index is 745. The fourth-order valence-corrected chi connectivity index (χ4v) is 2.75. The van der Waals surface area contributed by atoms with Crippen LogP contribution in [0.15, 0.2) is 24.3 Å². The highest BCUT2D eigenvalue weighted by molar-refractivity contribution is 6.10. The fourth-order valence-electron chi connectivity index (χ4n) is 2.75. The smallest absolute Gasteiger partial charge is 0.325 e. The molecule has 0 unspecified atom stereocenters. The second kappa shape index (κ2) is 8.20. The van der Waals surface area contributed by atoms with Gasteiger partial charge in [-0.1, -0.05) is 43.7 Å². The minimum atomic E-state index is -1.25. The molecular weight excluding hydrogens is 348 g/mol. The van der Waals surface area contributed by atoms with Crippen molar-refractivity contribution in [2.45, 2.75) is 39.7 Å². The van der Waals surface area contributed by atoms with Crippen molar-refractivity contribution in [3.8, 4) is 0 Å². The lowest BCUT2D eigenvalue weighted by Crippen LogP contribution is -2.47. The van der Waals surface area contributed by atoms with Gasteiger partial charge in [-0.3, -0.25) is 19.8 Å². The number of carbonyl (C=O) groups is 4. The van der Waals surface area contributed by atoms with Crippen LogP contribution in [0.5, 0.6) is 0 Å². The van der Waals surface area contributed by atoms with Gasteiger partial charge in [-0.25, -0.2) is 9.59 Å². The summed E-state index contributed by atoms with van der Waals surface area (Å²) in [6.45, 7) is 7.47. The lowest BCUT2D eigenvalue weighted by Gasteiger charge is -2.22. The minimum Gasteiger partial charge on any atom is -0.338 e. The number of carbonyl (C=O) groups excluding carboxylic acids is 4. The maximum atomic E-state index is 12.8. The molecule has 8 nitrogen and oxygen atoms in total. The van der Waals surface area contributed by atoms with Crippen LogP contribution < -0.4 is 16.0 Å². The number of amides is 6. The Labute approximate surface area is 158 Å². The second-order valence-electron chi connectivity index (χ2n) is 7.30. The normalized spacial score (nSPS) is 19.2. The lowest BCUT2D eigenvalue weighted by molar-refractivity contribution is -0.134. The van der Waals surface area contributed by atoms with E-state index < -0.39 is 36.0 Å². The zero-order chi connectivity index (χ0) is 20.2. The van der Waals surface area contributed by atoms with E-state index in [0.29, 0.717) is 18.0 Å². The summed E-state index contributed by atoms with van der Waals surface area (Å²) >= 11 is 0. The van der Waals surface area contributed by atoms with E-state index in [4.69, 9.17) is 0 Å². The SMILES string of the molecule is Cc1ccc([C@@]2(C)NC(=O)N(CC(=O)NC(=O)NCCC(C)C)C2=O)cc1. The molecule has 1 aliphatic rings. The highest BCUT2D eigenvalue weighted by atomic mass is 16.2. The summed E-state index contributed by atoms with van der Waals surface area (Å²) in [6, 6.07) is 5.90. The number of hydrogen-bond acceptors (Lipinski definition) is 4. The first-order valence-electron chi connectivity index (χ1n) is 8.92. The van der Waals surface area contributed by atoms with Crippen LogP contribution in [0.25, 0.3) is 0 Å². The first-order valence-corrected chi connectivity index (χ1v) is 8.92. The number of nitrogens with one attached hydrogen (secondary N) is 3. The van der Waals surface area contributed by atoms with Crippen LogP contribution in [-0.2, 0) is 15.1 Å². The van der Waals surface area contributed by atoms with E-state index in [-0.39, 0.29) is 0 Å². The summed E-state index contributed by atoms with van der Waals surface area (Å²) in [5, 5.41) is 7.33. The van der Waals surface area contributed by atoms with E-state index in [1.807, 2.05) is 32.9 Å². The molecule has 0 saturated carbocycles. The topological polar surface area (TPSA) is 108 Å². The number of rotatable bonds is 6. The molecule has 0 bridgehead atoms. The monoisotopic (exact) mass is 374 g/mol. The molecular formula is C19H26N4O4. The van der Waals surface area contributed by atoms with Gasteiger partial charge in [0.05, 0.1) is 0 Å². The molecule has 1 aliphatic heterocycles. The van der Waals surface area contributed by atoms with Gasteiger partial charge in [-0.15, -0.1) is 0 Å². The average Bonchev–Trinajstić information content (AvgIpc) is 2.79. The molecule has 0 spiro atoms. The molecule has 1 heterocycles. The quantitative estimate of drug-likeness (QED) is 0.658. The van der Waals surface area contributed by atoms with Crippen molar-refractivity contribution in [3.63, 3.8) is 0 Å². The standard InChI is InChI=1S/C19H26N4O4/c1-12(2)9-10-20-17(26)21-15(24)11-23-16(25)19(4,22-18(23)27)14-7-5-13(3)6-8-14/h5-8,12H,9-11H2,1-4H3,(H,22,27)(H2,20,21,24,26)/t19-/m1/s1. The molecule has 1 aromatic rings. The van der Waals surface area contributed by atoms with Gasteiger partial charge in [0, 0.05) is 6.54 Å². The predicted octanol–water partition coefficient (Wildman–Crippen LogP) is 1.63. The second-order valence-corrected chi connectivity index (χ2v) is 7.30. The minimum absolute atomic E-state index is 0.423. The average molecular weight is 374 g/mol. The number of nitrogens with zero attached hydrogens (tertiary/aromatic N) is 1. The van der Waals surface area contributed by atoms with Crippen LogP contribution in [0, 0.1) is 12.8 Å². The molecule has 8 heteroatoms. The number of aryl methyl sites for hydroxylation is 1. The largest absolute Gasteiger partial charge is 0.338 e. The zero-order valence-electron chi connectivity index (χ0n) is 16.1. The third kappa shape index (κ3) is 4.84. The highest BCUT2D eigenvalue weighted by Crippen LogP contribution is 2.28. The molecule has 1 aromatic carbocycles. The van der Waals surface area contributed by atoms with Gasteiger partial charge in [-0.2, -0.15) is 0 Å². The molecule has 146 valence electrons. The van der Waals surface area contributed by atoms with Crippen molar-refractivity contribution >= 4 is 23.9 Å². The van der Waals surface area contributed by atoms with Gasteiger partial charge in [0.25, 0.3) is 5.91 Å². The molecule has 1 saturated heterocycles. The first kappa shape index (κ1) is 20.4. The van der Waals surface area contributed by atoms with Crippen LogP contribution >= 0.6 is 0 Å². The maximum absolute atomic E-state index is 12.8. The summed E-state index contributed by atoms with van der Waals surface area (Å²) in [5.74, 6) is -0.841. The third-order valence-corrected chi connectivity index (χ3v) is 4.47. The van der Waals surface area contributed by atoms with Crippen molar-refractivity contribution in [1.29, 1.82) is 0 Å². The lowest BCUT2D eigenvalue weighted by atomic mass is 9.91. The van der Waals surface area contributed by atoms with Gasteiger partial charge in [0.1, 0.15) is 12.1 Å². The third-order valence-electron chi connectivity index (χ3n) is 4.47. The van der Waals surface area contributed by atoms with Crippen LogP contribution in [0.4, 0.5) is 9.59 Å². The molecule has 3 N–H and O–H groups in total. The number of urea groups is 2. The molecule has 0 aromatic heterocycles. The van der Waals surface area contributed by atoms with E-state index in [1.54, 1.807) is 19.1 Å². The Hall–Kier alpha value is -2.90. The molecule has 27 heavy (non-hydrogen) atoms. The van der Waals surface area contributed by atoms with Crippen molar-refractivity contribution in [1.82, 2.24) is 20.9 Å². The van der Waals surface area contributed by atoms with E-state index in [2.05, 4.69) is 16.0 Å². The number of imide groups is 2. The Morgan fingerprint density at radius 3 is 2.41 bits per heavy atom. The van der Waals surface area contributed by atoms with E-state index in [1.165, 1.54) is 0 Å². The Balaban J connectivity index is 1.97. The van der Waals surface area contributed by atoms with Gasteiger partial charge in [0.2, 0.25) is 5.91 Å². The summed E-state index contributed by atoms with van der Waals surface area (Å²) in [6.07, 6.45) is 0.781. The Kier molecular flexibility index (Phi) is 6.20. The van der Waals surface area contributed by atoms with Crippen LogP contribution in [0.3, 0.4) is 0 Å².